The number of carbonyl (C=O) groups excluding carboxylic acids is 1. The van der Waals surface area contributed by atoms with Crippen molar-refractivity contribution in [1.82, 2.24) is 14.9 Å². The summed E-state index contributed by atoms with van der Waals surface area (Å²) in [5, 5.41) is 3.04. The summed E-state index contributed by atoms with van der Waals surface area (Å²) in [5.41, 5.74) is 1.68. The number of halogens is 1. The first-order chi connectivity index (χ1) is 10.0. The zero-order chi connectivity index (χ0) is 15.4. The maximum absolute atomic E-state index is 12.2. The second-order valence-corrected chi connectivity index (χ2v) is 5.74. The lowest BCUT2D eigenvalue weighted by Crippen LogP contribution is -2.31. The Hall–Kier alpha value is -1.88. The minimum absolute atomic E-state index is 0.0894. The third-order valence-corrected chi connectivity index (χ3v) is 3.92. The van der Waals surface area contributed by atoms with Gasteiger partial charge in [-0.25, -0.2) is 4.98 Å². The van der Waals surface area contributed by atoms with Crippen LogP contribution in [0.5, 0.6) is 0 Å². The van der Waals surface area contributed by atoms with E-state index in [4.69, 9.17) is 0 Å². The summed E-state index contributed by atoms with van der Waals surface area (Å²) in [5.74, 6) is 0.711. The lowest BCUT2D eigenvalue weighted by Gasteiger charge is -2.19. The summed E-state index contributed by atoms with van der Waals surface area (Å²) in [4.78, 5) is 16.6. The van der Waals surface area contributed by atoms with Crippen molar-refractivity contribution in [3.63, 3.8) is 0 Å². The first-order valence-electron chi connectivity index (χ1n) is 6.69. The molecule has 0 fully saturated rings. The molecular formula is C16H18BrN3O. The summed E-state index contributed by atoms with van der Waals surface area (Å²) in [6.07, 6.45) is 5.40. The van der Waals surface area contributed by atoms with Gasteiger partial charge in [-0.2, -0.15) is 0 Å². The third kappa shape index (κ3) is 3.61. The third-order valence-electron chi connectivity index (χ3n) is 3.39. The Labute approximate surface area is 133 Å². The van der Waals surface area contributed by atoms with Crippen LogP contribution in [0.1, 0.15) is 31.3 Å². The summed E-state index contributed by atoms with van der Waals surface area (Å²) in [7, 11) is 1.92. The van der Waals surface area contributed by atoms with Gasteiger partial charge >= 0.3 is 0 Å². The van der Waals surface area contributed by atoms with Crippen LogP contribution in [0.3, 0.4) is 0 Å². The molecule has 1 heterocycles. The number of allylic oxidation sites excluding steroid dienone is 1. The molecule has 4 nitrogen and oxygen atoms in total. The molecule has 110 valence electrons. The highest BCUT2D eigenvalue weighted by molar-refractivity contribution is 9.10. The fourth-order valence-electron chi connectivity index (χ4n) is 1.98. The number of rotatable bonds is 4. The molecule has 21 heavy (non-hydrogen) atoms. The van der Waals surface area contributed by atoms with Gasteiger partial charge in [0.15, 0.2) is 0 Å². The predicted molar refractivity (Wildman–Crippen MR) is 86.8 cm³/mol. The van der Waals surface area contributed by atoms with Crippen LogP contribution in [0, 0.1) is 0 Å². The van der Waals surface area contributed by atoms with Crippen molar-refractivity contribution < 1.29 is 4.79 Å². The molecule has 0 aliphatic heterocycles. The van der Waals surface area contributed by atoms with Crippen LogP contribution in [0.4, 0.5) is 0 Å². The number of hydrogen-bond acceptors (Lipinski definition) is 2. The molecule has 0 bridgehead atoms. The van der Waals surface area contributed by atoms with Gasteiger partial charge in [0.05, 0.1) is 0 Å². The molecule has 1 aromatic heterocycles. The van der Waals surface area contributed by atoms with E-state index in [0.717, 1.165) is 15.9 Å². The van der Waals surface area contributed by atoms with E-state index in [0.29, 0.717) is 5.57 Å². The summed E-state index contributed by atoms with van der Waals surface area (Å²) >= 11 is 3.43. The number of nitrogens with zero attached hydrogens (tertiary/aromatic N) is 2. The molecule has 1 atom stereocenters. The Morgan fingerprint density at radius 3 is 2.57 bits per heavy atom. The van der Waals surface area contributed by atoms with E-state index in [-0.39, 0.29) is 11.9 Å². The van der Waals surface area contributed by atoms with E-state index in [1.54, 1.807) is 19.2 Å². The highest BCUT2D eigenvalue weighted by atomic mass is 79.9. The average molecular weight is 348 g/mol. The van der Waals surface area contributed by atoms with E-state index < -0.39 is 0 Å². The number of benzene rings is 1. The smallest absolute Gasteiger partial charge is 0.247 e. The average Bonchev–Trinajstić information content (AvgIpc) is 2.90. The largest absolute Gasteiger partial charge is 0.338 e. The minimum Gasteiger partial charge on any atom is -0.338 e. The van der Waals surface area contributed by atoms with Crippen molar-refractivity contribution in [2.24, 2.45) is 7.05 Å². The van der Waals surface area contributed by atoms with Crippen molar-refractivity contribution >= 4 is 21.8 Å². The Morgan fingerprint density at radius 1 is 1.38 bits per heavy atom. The number of aryl methyl sites for hydroxylation is 1. The van der Waals surface area contributed by atoms with Gasteiger partial charge in [0.25, 0.3) is 0 Å². The summed E-state index contributed by atoms with van der Waals surface area (Å²) < 4.78 is 2.92. The first kappa shape index (κ1) is 15.5. The first-order valence-corrected chi connectivity index (χ1v) is 7.48. The Balaban J connectivity index is 2.38. The topological polar surface area (TPSA) is 46.9 Å². The van der Waals surface area contributed by atoms with Crippen molar-refractivity contribution in [2.75, 3.05) is 0 Å². The SMILES string of the molecule is CC=C(C)C(=O)NC(c1ccc(Br)cc1)c1nccn1C. The van der Waals surface area contributed by atoms with Gasteiger partial charge in [-0.05, 0) is 31.5 Å². The van der Waals surface area contributed by atoms with Crippen LogP contribution in [0.15, 0.2) is 52.8 Å². The molecule has 0 saturated heterocycles. The summed E-state index contributed by atoms with van der Waals surface area (Å²) in [6.45, 7) is 3.65. The predicted octanol–water partition coefficient (Wildman–Crippen LogP) is 3.35. The van der Waals surface area contributed by atoms with Gasteiger partial charge in [-0.1, -0.05) is 34.1 Å². The standard InChI is InChI=1S/C16H18BrN3O/c1-4-11(2)16(21)19-14(15-18-9-10-20(15)3)12-5-7-13(17)8-6-12/h4-10,14H,1-3H3,(H,19,21). The Morgan fingerprint density at radius 2 is 2.05 bits per heavy atom. The fraction of sp³-hybridized carbons (Fsp3) is 0.250. The zero-order valence-corrected chi connectivity index (χ0v) is 13.9. The number of amides is 1. The van der Waals surface area contributed by atoms with Crippen molar-refractivity contribution in [2.45, 2.75) is 19.9 Å². The van der Waals surface area contributed by atoms with E-state index in [1.165, 1.54) is 0 Å². The van der Waals surface area contributed by atoms with E-state index in [1.807, 2.05) is 49.0 Å². The fourth-order valence-corrected chi connectivity index (χ4v) is 2.25. The molecule has 0 spiro atoms. The zero-order valence-electron chi connectivity index (χ0n) is 12.3. The maximum Gasteiger partial charge on any atom is 0.247 e. The van der Waals surface area contributed by atoms with Crippen molar-refractivity contribution in [3.8, 4) is 0 Å². The molecule has 1 amide bonds. The quantitative estimate of drug-likeness (QED) is 0.862. The lowest BCUT2D eigenvalue weighted by atomic mass is 10.1. The monoisotopic (exact) mass is 347 g/mol. The number of aromatic nitrogens is 2. The van der Waals surface area contributed by atoms with Crippen LogP contribution in [-0.2, 0) is 11.8 Å². The summed E-state index contributed by atoms with van der Waals surface area (Å²) in [6, 6.07) is 7.60. The van der Waals surface area contributed by atoms with Gasteiger partial charge in [-0.3, -0.25) is 4.79 Å². The molecule has 2 rings (SSSR count). The number of hydrogen-bond donors (Lipinski definition) is 1. The second-order valence-electron chi connectivity index (χ2n) is 4.83. The normalized spacial score (nSPS) is 13.0. The number of imidazole rings is 1. The Kier molecular flexibility index (Phi) is 4.96. The molecule has 2 aromatic rings. The molecular weight excluding hydrogens is 330 g/mol. The van der Waals surface area contributed by atoms with Gasteiger partial charge in [0.2, 0.25) is 5.91 Å². The molecule has 0 saturated carbocycles. The molecule has 0 aliphatic carbocycles. The molecule has 0 aliphatic rings. The van der Waals surface area contributed by atoms with Gasteiger partial charge in [-0.15, -0.1) is 0 Å². The van der Waals surface area contributed by atoms with E-state index in [9.17, 15) is 4.79 Å². The second kappa shape index (κ2) is 6.72. The molecule has 1 aromatic carbocycles. The minimum atomic E-state index is -0.277. The van der Waals surface area contributed by atoms with Crippen LogP contribution < -0.4 is 5.32 Å². The highest BCUT2D eigenvalue weighted by Gasteiger charge is 2.21. The molecule has 0 radical (unpaired) electrons. The molecule has 1 unspecified atom stereocenters. The van der Waals surface area contributed by atoms with Crippen LogP contribution in [0.25, 0.3) is 0 Å². The lowest BCUT2D eigenvalue weighted by molar-refractivity contribution is -0.118. The van der Waals surface area contributed by atoms with Crippen molar-refractivity contribution in [3.05, 3.63) is 64.2 Å². The van der Waals surface area contributed by atoms with Crippen molar-refractivity contribution in [1.29, 1.82) is 0 Å². The van der Waals surface area contributed by atoms with E-state index in [2.05, 4.69) is 26.2 Å². The molecule has 1 N–H and O–H groups in total. The van der Waals surface area contributed by atoms with Gasteiger partial charge in [0.1, 0.15) is 11.9 Å². The maximum atomic E-state index is 12.2. The van der Waals surface area contributed by atoms with Crippen LogP contribution in [-0.4, -0.2) is 15.5 Å². The molecule has 5 heteroatoms. The highest BCUT2D eigenvalue weighted by Crippen LogP contribution is 2.22. The van der Waals surface area contributed by atoms with Crippen LogP contribution in [0.2, 0.25) is 0 Å². The number of carbonyl (C=O) groups is 1. The van der Waals surface area contributed by atoms with Crippen LogP contribution >= 0.6 is 15.9 Å². The Bertz CT molecular complexity index is 658. The van der Waals surface area contributed by atoms with Gasteiger partial charge in [0, 0.05) is 29.5 Å². The van der Waals surface area contributed by atoms with Gasteiger partial charge < -0.3 is 9.88 Å². The van der Waals surface area contributed by atoms with E-state index >= 15 is 0 Å². The number of nitrogens with one attached hydrogen (secondary N) is 1.